The summed E-state index contributed by atoms with van der Waals surface area (Å²) in [4.78, 5) is 16.9. The fourth-order valence-corrected chi connectivity index (χ4v) is 3.58. The molecule has 0 radical (unpaired) electrons. The summed E-state index contributed by atoms with van der Waals surface area (Å²) in [6, 6.07) is 19.8. The summed E-state index contributed by atoms with van der Waals surface area (Å²) in [6.45, 7) is 2.70. The summed E-state index contributed by atoms with van der Waals surface area (Å²) in [7, 11) is 0. The monoisotopic (exact) mass is 447 g/mol. The zero-order valence-corrected chi connectivity index (χ0v) is 18.2. The van der Waals surface area contributed by atoms with Crippen LogP contribution in [0.4, 0.5) is 14.6 Å². The van der Waals surface area contributed by atoms with E-state index in [2.05, 4.69) is 10.3 Å². The summed E-state index contributed by atoms with van der Waals surface area (Å²) in [5, 5.41) is 4.54. The van der Waals surface area contributed by atoms with Gasteiger partial charge in [-0.25, -0.2) is 13.8 Å². The van der Waals surface area contributed by atoms with Crippen molar-refractivity contribution in [1.82, 2.24) is 10.3 Å². The van der Waals surface area contributed by atoms with E-state index in [1.165, 1.54) is 24.3 Å². The molecule has 0 aliphatic rings. The number of benzene rings is 3. The largest absolute Gasteiger partial charge is 0.457 e. The molecule has 168 valence electrons. The number of alkyl halides is 2. The zero-order valence-electron chi connectivity index (χ0n) is 18.2. The van der Waals surface area contributed by atoms with Crippen LogP contribution in [0.5, 0.6) is 11.5 Å². The molecule has 0 fully saturated rings. The molecule has 3 N–H and O–H groups in total. The van der Waals surface area contributed by atoms with E-state index in [0.29, 0.717) is 22.9 Å². The number of carbonyl (C=O) groups excluding carboxylic acids is 1. The van der Waals surface area contributed by atoms with Crippen molar-refractivity contribution >= 4 is 22.5 Å². The van der Waals surface area contributed by atoms with Gasteiger partial charge in [0.2, 0.25) is 0 Å². The van der Waals surface area contributed by atoms with Gasteiger partial charge in [0, 0.05) is 35.2 Å². The molecule has 1 atom stereocenters. The lowest BCUT2D eigenvalue weighted by molar-refractivity contribution is 0.0174. The number of rotatable bonds is 6. The number of hydrogen-bond acceptors (Lipinski definition) is 4. The second kappa shape index (κ2) is 8.86. The van der Waals surface area contributed by atoms with Crippen LogP contribution in [0.15, 0.2) is 79.0 Å². The van der Waals surface area contributed by atoms with Crippen molar-refractivity contribution < 1.29 is 18.3 Å². The number of ether oxygens (including phenoxy) is 1. The number of anilines is 1. The van der Waals surface area contributed by atoms with Crippen LogP contribution in [0.25, 0.3) is 10.8 Å². The van der Waals surface area contributed by atoms with Gasteiger partial charge in [-0.1, -0.05) is 18.2 Å². The first-order valence-corrected chi connectivity index (χ1v) is 10.4. The molecule has 7 heteroatoms. The van der Waals surface area contributed by atoms with Crippen molar-refractivity contribution in [2.75, 3.05) is 5.73 Å². The van der Waals surface area contributed by atoms with Gasteiger partial charge in [-0.3, -0.25) is 4.79 Å². The van der Waals surface area contributed by atoms with Crippen LogP contribution in [0.1, 0.15) is 41.4 Å². The number of hydrogen-bond donors (Lipinski definition) is 2. The Morgan fingerprint density at radius 1 is 1.06 bits per heavy atom. The molecule has 0 unspecified atom stereocenters. The molecule has 0 saturated carbocycles. The number of nitrogens with zero attached hydrogens (tertiary/aromatic N) is 1. The Balaban J connectivity index is 1.54. The maximum absolute atomic E-state index is 13.4. The minimum absolute atomic E-state index is 0.0781. The predicted octanol–water partition coefficient (Wildman–Crippen LogP) is 6.21. The van der Waals surface area contributed by atoms with Crippen LogP contribution in [-0.4, -0.2) is 10.9 Å². The van der Waals surface area contributed by atoms with Crippen molar-refractivity contribution in [2.45, 2.75) is 25.8 Å². The van der Waals surface area contributed by atoms with Gasteiger partial charge in [0.15, 0.2) is 0 Å². The van der Waals surface area contributed by atoms with Crippen molar-refractivity contribution in [3.05, 3.63) is 95.7 Å². The van der Waals surface area contributed by atoms with E-state index in [1.807, 2.05) is 25.1 Å². The molecule has 5 nitrogen and oxygen atoms in total. The molecular formula is C26H23F2N3O2. The lowest BCUT2D eigenvalue weighted by atomic mass is 10.0. The van der Waals surface area contributed by atoms with Crippen LogP contribution < -0.4 is 15.8 Å². The number of halogens is 2. The van der Waals surface area contributed by atoms with Gasteiger partial charge in [-0.15, -0.1) is 0 Å². The van der Waals surface area contributed by atoms with Crippen LogP contribution in [0.3, 0.4) is 0 Å². The number of fused-ring (bicyclic) bond motifs is 1. The molecular weight excluding hydrogens is 424 g/mol. The molecule has 3 aromatic carbocycles. The average molecular weight is 447 g/mol. The van der Waals surface area contributed by atoms with Gasteiger partial charge in [0.1, 0.15) is 17.3 Å². The molecule has 4 rings (SSSR count). The zero-order chi connectivity index (χ0) is 23.6. The van der Waals surface area contributed by atoms with E-state index in [4.69, 9.17) is 10.5 Å². The van der Waals surface area contributed by atoms with E-state index in [9.17, 15) is 13.6 Å². The van der Waals surface area contributed by atoms with Crippen LogP contribution in [-0.2, 0) is 5.92 Å². The summed E-state index contributed by atoms with van der Waals surface area (Å²) >= 11 is 0. The van der Waals surface area contributed by atoms with Gasteiger partial charge in [-0.05, 0) is 66.9 Å². The number of nitrogens with one attached hydrogen (secondary N) is 1. The van der Waals surface area contributed by atoms with E-state index < -0.39 is 5.92 Å². The topological polar surface area (TPSA) is 77.2 Å². The number of nitrogen functional groups attached to an aromatic ring is 1. The van der Waals surface area contributed by atoms with E-state index in [0.717, 1.165) is 23.3 Å². The fourth-order valence-electron chi connectivity index (χ4n) is 3.58. The normalized spacial score (nSPS) is 12.4. The van der Waals surface area contributed by atoms with Crippen molar-refractivity contribution in [3.8, 4) is 11.5 Å². The molecule has 33 heavy (non-hydrogen) atoms. The molecule has 0 spiro atoms. The highest BCUT2D eigenvalue weighted by atomic mass is 19.3. The highest BCUT2D eigenvalue weighted by Crippen LogP contribution is 2.33. The second-order valence-corrected chi connectivity index (χ2v) is 7.88. The summed E-state index contributed by atoms with van der Waals surface area (Å²) < 4.78 is 32.8. The molecule has 0 bridgehead atoms. The second-order valence-electron chi connectivity index (χ2n) is 7.88. The maximum Gasteiger partial charge on any atom is 0.270 e. The van der Waals surface area contributed by atoms with Gasteiger partial charge >= 0.3 is 0 Å². The number of amides is 1. The van der Waals surface area contributed by atoms with Crippen molar-refractivity contribution in [2.24, 2.45) is 0 Å². The molecule has 0 aliphatic heterocycles. The smallest absolute Gasteiger partial charge is 0.270 e. The first-order chi connectivity index (χ1) is 15.7. The standard InChI is InChI=1S/C26H23F2N3O2/c1-16(21-6-4-14-30-24(21)29)31-25(32)18-8-13-22-17(15-18)5-3-7-23(22)33-20-11-9-19(10-12-20)26(2,27)28/h3-16H,1-2H3,(H2,29,30)(H,31,32)/t16-/m0/s1. The van der Waals surface area contributed by atoms with Gasteiger partial charge in [0.05, 0.1) is 6.04 Å². The van der Waals surface area contributed by atoms with Crippen LogP contribution in [0.2, 0.25) is 0 Å². The lowest BCUT2D eigenvalue weighted by Gasteiger charge is -2.16. The molecule has 1 amide bonds. The Hall–Kier alpha value is -4.00. The summed E-state index contributed by atoms with van der Waals surface area (Å²) in [5.74, 6) is -1.77. The number of aromatic nitrogens is 1. The highest BCUT2D eigenvalue weighted by molar-refractivity contribution is 6.00. The fraction of sp³-hybridized carbons (Fsp3) is 0.154. The van der Waals surface area contributed by atoms with Gasteiger partial charge in [0.25, 0.3) is 11.8 Å². The average Bonchev–Trinajstić information content (AvgIpc) is 2.79. The number of pyridine rings is 1. The quantitative estimate of drug-likeness (QED) is 0.368. The minimum Gasteiger partial charge on any atom is -0.457 e. The third-order valence-corrected chi connectivity index (χ3v) is 5.38. The first-order valence-electron chi connectivity index (χ1n) is 10.4. The Kier molecular flexibility index (Phi) is 5.96. The van der Waals surface area contributed by atoms with Gasteiger partial charge < -0.3 is 15.8 Å². The van der Waals surface area contributed by atoms with Crippen molar-refractivity contribution in [3.63, 3.8) is 0 Å². The molecule has 1 heterocycles. The van der Waals surface area contributed by atoms with E-state index >= 15 is 0 Å². The molecule has 4 aromatic rings. The molecule has 1 aromatic heterocycles. The molecule has 0 saturated heterocycles. The SMILES string of the molecule is C[C@H](NC(=O)c1ccc2c(Oc3ccc(C(C)(F)F)cc3)cccc2c1)c1cccnc1N. The number of carbonyl (C=O) groups is 1. The summed E-state index contributed by atoms with van der Waals surface area (Å²) in [5.41, 5.74) is 7.06. The Morgan fingerprint density at radius 3 is 2.52 bits per heavy atom. The first kappa shape index (κ1) is 22.2. The van der Waals surface area contributed by atoms with Gasteiger partial charge in [-0.2, -0.15) is 0 Å². The Morgan fingerprint density at radius 2 is 1.82 bits per heavy atom. The minimum atomic E-state index is -2.91. The maximum atomic E-state index is 13.4. The third-order valence-electron chi connectivity index (χ3n) is 5.38. The van der Waals surface area contributed by atoms with E-state index in [1.54, 1.807) is 36.5 Å². The Labute approximate surface area is 190 Å². The summed E-state index contributed by atoms with van der Waals surface area (Å²) in [6.07, 6.45) is 1.60. The Bertz CT molecular complexity index is 1300. The highest BCUT2D eigenvalue weighted by Gasteiger charge is 2.23. The number of nitrogens with two attached hydrogens (primary N) is 1. The predicted molar refractivity (Wildman–Crippen MR) is 125 cm³/mol. The van der Waals surface area contributed by atoms with E-state index in [-0.39, 0.29) is 17.5 Å². The van der Waals surface area contributed by atoms with Crippen molar-refractivity contribution in [1.29, 1.82) is 0 Å². The van der Waals surface area contributed by atoms with Crippen LogP contribution in [0, 0.1) is 0 Å². The lowest BCUT2D eigenvalue weighted by Crippen LogP contribution is -2.27. The third kappa shape index (κ3) is 4.92. The molecule has 0 aliphatic carbocycles. The van der Waals surface area contributed by atoms with Crippen LogP contribution >= 0.6 is 0 Å².